The summed E-state index contributed by atoms with van der Waals surface area (Å²) in [5.41, 5.74) is 1.68. The maximum Gasteiger partial charge on any atom is 0.407 e. The molecule has 0 saturated carbocycles. The summed E-state index contributed by atoms with van der Waals surface area (Å²) in [7, 11) is 0. The van der Waals surface area contributed by atoms with Gasteiger partial charge in [0.15, 0.2) is 0 Å². The van der Waals surface area contributed by atoms with Gasteiger partial charge in [-0.3, -0.25) is 0 Å². The third-order valence-corrected chi connectivity index (χ3v) is 4.06. The Labute approximate surface area is 147 Å². The van der Waals surface area contributed by atoms with Gasteiger partial charge < -0.3 is 15.0 Å². The molecule has 0 aliphatic carbocycles. The number of nitriles is 1. The number of carbonyl (C=O) groups excluding carboxylic acids is 1. The smallest absolute Gasteiger partial charge is 0.407 e. The van der Waals surface area contributed by atoms with Gasteiger partial charge in [-0.15, -0.1) is 0 Å². The van der Waals surface area contributed by atoms with E-state index in [4.69, 9.17) is 4.74 Å². The van der Waals surface area contributed by atoms with Crippen molar-refractivity contribution in [3.63, 3.8) is 0 Å². The molecular weight excluding hydrogens is 316 g/mol. The summed E-state index contributed by atoms with van der Waals surface area (Å²) in [5, 5.41) is 13.2. The highest BCUT2D eigenvalue weighted by atomic mass is 16.6. The number of ether oxygens (including phenoxy) is 1. The normalized spacial score (nSPS) is 17.4. The van der Waals surface area contributed by atoms with Crippen LogP contribution in [-0.2, 0) is 4.74 Å². The van der Waals surface area contributed by atoms with Crippen molar-refractivity contribution in [2.75, 3.05) is 18.0 Å². The highest BCUT2D eigenvalue weighted by molar-refractivity contribution is 5.92. The Morgan fingerprint density at radius 2 is 2.16 bits per heavy atom. The Kier molecular flexibility index (Phi) is 4.49. The largest absolute Gasteiger partial charge is 0.444 e. The number of hydrogen-bond acceptors (Lipinski definition) is 5. The van der Waals surface area contributed by atoms with E-state index in [1.165, 1.54) is 0 Å². The molecule has 0 radical (unpaired) electrons. The van der Waals surface area contributed by atoms with Gasteiger partial charge in [-0.2, -0.15) is 5.26 Å². The summed E-state index contributed by atoms with van der Waals surface area (Å²) in [5.74, 6) is 0. The summed E-state index contributed by atoms with van der Waals surface area (Å²) >= 11 is 0. The topological polar surface area (TPSA) is 78.2 Å². The fourth-order valence-corrected chi connectivity index (χ4v) is 3.05. The van der Waals surface area contributed by atoms with Gasteiger partial charge in [-0.25, -0.2) is 9.78 Å². The number of nitrogens with one attached hydrogen (secondary N) is 1. The first-order valence-electron chi connectivity index (χ1n) is 8.40. The molecule has 1 unspecified atom stereocenters. The molecule has 1 aliphatic heterocycles. The number of aromatic nitrogens is 1. The van der Waals surface area contributed by atoms with Crippen LogP contribution in [0.2, 0.25) is 0 Å². The van der Waals surface area contributed by atoms with Gasteiger partial charge in [0, 0.05) is 24.2 Å². The summed E-state index contributed by atoms with van der Waals surface area (Å²) in [6.45, 7) is 7.03. The van der Waals surface area contributed by atoms with E-state index in [2.05, 4.69) is 21.3 Å². The number of rotatable bonds is 2. The molecule has 1 atom stereocenters. The van der Waals surface area contributed by atoms with Crippen LogP contribution in [0.4, 0.5) is 10.5 Å². The van der Waals surface area contributed by atoms with Crippen molar-refractivity contribution in [1.82, 2.24) is 10.3 Å². The zero-order chi connectivity index (χ0) is 18.0. The van der Waals surface area contributed by atoms with Crippen LogP contribution in [0.25, 0.3) is 10.9 Å². The van der Waals surface area contributed by atoms with Gasteiger partial charge in [0.05, 0.1) is 11.6 Å². The summed E-state index contributed by atoms with van der Waals surface area (Å²) < 4.78 is 5.33. The SMILES string of the molecule is CC(C)(C)OC(=O)NC1CCN(c2cc(C#N)nc3ccccc23)C1. The van der Waals surface area contributed by atoms with Crippen LogP contribution in [-0.4, -0.2) is 35.8 Å². The molecule has 3 rings (SSSR count). The molecule has 1 fully saturated rings. The first kappa shape index (κ1) is 17.0. The van der Waals surface area contributed by atoms with Crippen molar-refractivity contribution >= 4 is 22.7 Å². The number of anilines is 1. The fourth-order valence-electron chi connectivity index (χ4n) is 3.05. The predicted octanol–water partition coefficient (Wildman–Crippen LogP) is 3.21. The van der Waals surface area contributed by atoms with E-state index in [0.717, 1.165) is 29.6 Å². The molecule has 2 heterocycles. The van der Waals surface area contributed by atoms with Crippen LogP contribution >= 0.6 is 0 Å². The molecule has 0 bridgehead atoms. The minimum atomic E-state index is -0.509. The van der Waals surface area contributed by atoms with Crippen molar-refractivity contribution in [3.8, 4) is 6.07 Å². The molecule has 1 aliphatic rings. The maximum atomic E-state index is 12.0. The van der Waals surface area contributed by atoms with Crippen LogP contribution in [0.1, 0.15) is 32.9 Å². The third kappa shape index (κ3) is 4.00. The number of amides is 1. The number of para-hydroxylation sites is 1. The average molecular weight is 338 g/mol. The van der Waals surface area contributed by atoms with Gasteiger partial charge in [0.25, 0.3) is 0 Å². The minimum absolute atomic E-state index is 0.0207. The number of carbonyl (C=O) groups is 1. The molecule has 1 aromatic heterocycles. The number of benzene rings is 1. The van der Waals surface area contributed by atoms with Crippen molar-refractivity contribution in [2.45, 2.75) is 38.8 Å². The van der Waals surface area contributed by atoms with E-state index in [9.17, 15) is 10.1 Å². The van der Waals surface area contributed by atoms with E-state index in [1.54, 1.807) is 0 Å². The molecule has 1 N–H and O–H groups in total. The summed E-state index contributed by atoms with van der Waals surface area (Å²) in [6.07, 6.45) is 0.439. The second kappa shape index (κ2) is 6.60. The van der Waals surface area contributed by atoms with Crippen LogP contribution in [0.15, 0.2) is 30.3 Å². The number of nitrogens with zero attached hydrogens (tertiary/aromatic N) is 3. The molecule has 2 aromatic rings. The van der Waals surface area contributed by atoms with Crippen LogP contribution in [0, 0.1) is 11.3 Å². The number of fused-ring (bicyclic) bond motifs is 1. The van der Waals surface area contributed by atoms with Crippen LogP contribution in [0.5, 0.6) is 0 Å². The van der Waals surface area contributed by atoms with E-state index in [0.29, 0.717) is 12.2 Å². The molecule has 6 nitrogen and oxygen atoms in total. The van der Waals surface area contributed by atoms with E-state index in [1.807, 2.05) is 51.1 Å². The fraction of sp³-hybridized carbons (Fsp3) is 0.421. The monoisotopic (exact) mass is 338 g/mol. The molecule has 1 aromatic carbocycles. The van der Waals surface area contributed by atoms with Crippen LogP contribution < -0.4 is 10.2 Å². The van der Waals surface area contributed by atoms with Crippen molar-refractivity contribution < 1.29 is 9.53 Å². The van der Waals surface area contributed by atoms with Crippen LogP contribution in [0.3, 0.4) is 0 Å². The second-order valence-corrected chi connectivity index (χ2v) is 7.23. The third-order valence-electron chi connectivity index (χ3n) is 4.06. The summed E-state index contributed by atoms with van der Waals surface area (Å²) in [6, 6.07) is 11.8. The van der Waals surface area contributed by atoms with Gasteiger partial charge >= 0.3 is 6.09 Å². The number of pyridine rings is 1. The maximum absolute atomic E-state index is 12.0. The first-order valence-corrected chi connectivity index (χ1v) is 8.40. The first-order chi connectivity index (χ1) is 11.9. The van der Waals surface area contributed by atoms with Gasteiger partial charge in [-0.1, -0.05) is 18.2 Å². The lowest BCUT2D eigenvalue weighted by atomic mass is 10.1. The minimum Gasteiger partial charge on any atom is -0.444 e. The molecule has 1 saturated heterocycles. The molecule has 25 heavy (non-hydrogen) atoms. The average Bonchev–Trinajstić information content (AvgIpc) is 3.00. The van der Waals surface area contributed by atoms with Crippen molar-refractivity contribution in [2.24, 2.45) is 0 Å². The zero-order valence-corrected chi connectivity index (χ0v) is 14.7. The lowest BCUT2D eigenvalue weighted by Crippen LogP contribution is -2.40. The quantitative estimate of drug-likeness (QED) is 0.910. The van der Waals surface area contributed by atoms with E-state index < -0.39 is 11.7 Å². The Morgan fingerprint density at radius 1 is 1.40 bits per heavy atom. The Hall–Kier alpha value is -2.81. The number of hydrogen-bond donors (Lipinski definition) is 1. The van der Waals surface area contributed by atoms with Gasteiger partial charge in [0.1, 0.15) is 17.4 Å². The van der Waals surface area contributed by atoms with Crippen molar-refractivity contribution in [1.29, 1.82) is 5.26 Å². The zero-order valence-electron chi connectivity index (χ0n) is 14.7. The molecule has 130 valence electrons. The molecule has 0 spiro atoms. The van der Waals surface area contributed by atoms with E-state index >= 15 is 0 Å². The molecule has 1 amide bonds. The lowest BCUT2D eigenvalue weighted by molar-refractivity contribution is 0.0509. The van der Waals surface area contributed by atoms with Gasteiger partial charge in [0.2, 0.25) is 0 Å². The number of alkyl carbamates (subject to hydrolysis) is 1. The Balaban J connectivity index is 1.77. The predicted molar refractivity (Wildman–Crippen MR) is 96.4 cm³/mol. The van der Waals surface area contributed by atoms with Crippen molar-refractivity contribution in [3.05, 3.63) is 36.0 Å². The molecule has 6 heteroatoms. The second-order valence-electron chi connectivity index (χ2n) is 7.23. The Morgan fingerprint density at radius 3 is 2.88 bits per heavy atom. The Bertz CT molecular complexity index is 835. The van der Waals surface area contributed by atoms with E-state index in [-0.39, 0.29) is 6.04 Å². The lowest BCUT2D eigenvalue weighted by Gasteiger charge is -2.23. The van der Waals surface area contributed by atoms with Gasteiger partial charge in [-0.05, 0) is 39.3 Å². The standard InChI is InChI=1S/C19H22N4O2/c1-19(2,3)25-18(24)22-13-8-9-23(12-13)17-10-14(11-20)21-16-7-5-4-6-15(16)17/h4-7,10,13H,8-9,12H2,1-3H3,(H,22,24). The highest BCUT2D eigenvalue weighted by Crippen LogP contribution is 2.29. The molecular formula is C19H22N4O2. The summed E-state index contributed by atoms with van der Waals surface area (Å²) in [4.78, 5) is 18.5. The highest BCUT2D eigenvalue weighted by Gasteiger charge is 2.27.